The maximum absolute atomic E-state index is 12.7. The van der Waals surface area contributed by atoms with Crippen molar-refractivity contribution >= 4 is 35.0 Å². The topological polar surface area (TPSA) is 78.8 Å². The van der Waals surface area contributed by atoms with Gasteiger partial charge in [0.2, 0.25) is 0 Å². The molecule has 2 rings (SSSR count). The molecule has 0 saturated carbocycles. The fourth-order valence-electron chi connectivity index (χ4n) is 2.56. The van der Waals surface area contributed by atoms with Gasteiger partial charge in [0.15, 0.2) is 11.5 Å². The summed E-state index contributed by atoms with van der Waals surface area (Å²) in [4.78, 5) is 12.6. The number of anilines is 1. The van der Waals surface area contributed by atoms with Crippen molar-refractivity contribution in [2.75, 3.05) is 12.4 Å². The number of ether oxygens (including phenoxy) is 1. The van der Waals surface area contributed by atoms with Gasteiger partial charge in [-0.05, 0) is 41.4 Å². The molecule has 0 spiro atoms. The molecule has 2 aromatic carbocycles. The Morgan fingerprint density at radius 3 is 2.24 bits per heavy atom. The number of phenolic OH excluding ortho intramolecular Hbond substituents is 2. The van der Waals surface area contributed by atoms with E-state index in [0.717, 1.165) is 12.1 Å². The van der Waals surface area contributed by atoms with Crippen LogP contribution in [0.1, 0.15) is 36.7 Å². The van der Waals surface area contributed by atoms with E-state index in [2.05, 4.69) is 5.32 Å². The number of halogens is 4. The number of nitrogens with one attached hydrogen (secondary N) is 1. The molecule has 0 bridgehead atoms. The van der Waals surface area contributed by atoms with Crippen molar-refractivity contribution < 1.29 is 32.9 Å². The molecule has 0 fully saturated rings. The first kappa shape index (κ1) is 23.0. The predicted octanol–water partition coefficient (Wildman–Crippen LogP) is 5.92. The highest BCUT2D eigenvalue weighted by Crippen LogP contribution is 2.44. The molecule has 0 aliphatic carbocycles. The smallest absolute Gasteiger partial charge is 0.446 e. The highest BCUT2D eigenvalue weighted by molar-refractivity contribution is 8.00. The minimum Gasteiger partial charge on any atom is -0.507 e. The molecule has 0 aliphatic rings. The Hall–Kier alpha value is -2.26. The van der Waals surface area contributed by atoms with Crippen LogP contribution in [0.4, 0.5) is 18.9 Å². The van der Waals surface area contributed by atoms with Gasteiger partial charge in [-0.3, -0.25) is 4.79 Å². The Bertz CT molecular complexity index is 943. The third-order valence-electron chi connectivity index (χ3n) is 3.91. The van der Waals surface area contributed by atoms with Crippen molar-refractivity contribution in [3.8, 4) is 17.2 Å². The zero-order chi connectivity index (χ0) is 22.1. The molecule has 3 N–H and O–H groups in total. The maximum Gasteiger partial charge on any atom is 0.446 e. The summed E-state index contributed by atoms with van der Waals surface area (Å²) in [7, 11) is 1.30. The van der Waals surface area contributed by atoms with E-state index in [-0.39, 0.29) is 33.1 Å². The zero-order valence-electron chi connectivity index (χ0n) is 15.9. The van der Waals surface area contributed by atoms with Crippen molar-refractivity contribution in [1.29, 1.82) is 0 Å². The third-order valence-corrected chi connectivity index (χ3v) is 4.95. The summed E-state index contributed by atoms with van der Waals surface area (Å²) in [5, 5.41) is 23.2. The van der Waals surface area contributed by atoms with Crippen LogP contribution < -0.4 is 10.1 Å². The van der Waals surface area contributed by atoms with Crippen molar-refractivity contribution in [2.45, 2.75) is 36.6 Å². The average molecular weight is 450 g/mol. The number of hydrogen-bond donors (Lipinski definition) is 3. The predicted molar refractivity (Wildman–Crippen MR) is 106 cm³/mol. The van der Waals surface area contributed by atoms with Crippen molar-refractivity contribution in [2.24, 2.45) is 0 Å². The molecular weight excluding hydrogens is 431 g/mol. The summed E-state index contributed by atoms with van der Waals surface area (Å²) in [6.07, 6.45) is 0. The van der Waals surface area contributed by atoms with Gasteiger partial charge in [0.05, 0.1) is 17.8 Å². The van der Waals surface area contributed by atoms with E-state index in [9.17, 15) is 28.2 Å². The number of amides is 1. The van der Waals surface area contributed by atoms with Crippen LogP contribution in [0.5, 0.6) is 17.2 Å². The van der Waals surface area contributed by atoms with Crippen LogP contribution >= 0.6 is 23.4 Å². The van der Waals surface area contributed by atoms with Crippen LogP contribution in [0.3, 0.4) is 0 Å². The van der Waals surface area contributed by atoms with Gasteiger partial charge in [-0.25, -0.2) is 0 Å². The van der Waals surface area contributed by atoms with Gasteiger partial charge in [0, 0.05) is 10.5 Å². The number of alkyl halides is 3. The Labute approximate surface area is 174 Å². The van der Waals surface area contributed by atoms with E-state index in [4.69, 9.17) is 16.3 Å². The molecule has 0 aliphatic heterocycles. The fraction of sp³-hybridized carbons (Fsp3) is 0.316. The highest BCUT2D eigenvalue weighted by atomic mass is 35.5. The molecule has 0 radical (unpaired) electrons. The van der Waals surface area contributed by atoms with E-state index in [1.807, 2.05) is 0 Å². The van der Waals surface area contributed by atoms with E-state index >= 15 is 0 Å². The summed E-state index contributed by atoms with van der Waals surface area (Å²) < 4.78 is 42.5. The third kappa shape index (κ3) is 5.42. The van der Waals surface area contributed by atoms with Crippen LogP contribution in [-0.4, -0.2) is 28.7 Å². The Kier molecular flexibility index (Phi) is 6.54. The van der Waals surface area contributed by atoms with Crippen LogP contribution in [0.2, 0.25) is 5.02 Å². The molecule has 29 heavy (non-hydrogen) atoms. The molecule has 5 nitrogen and oxygen atoms in total. The summed E-state index contributed by atoms with van der Waals surface area (Å²) >= 11 is 5.65. The summed E-state index contributed by atoms with van der Waals surface area (Å²) in [6, 6.07) is 4.83. The number of phenols is 2. The zero-order valence-corrected chi connectivity index (χ0v) is 17.5. The SMILES string of the molecule is COc1cc(C(C)(C)C)c(O)c(C(=O)Nc2ccc(SC(F)(F)F)cc2Cl)c1O. The number of rotatable bonds is 4. The number of aromatic hydroxyl groups is 2. The van der Waals surface area contributed by atoms with Gasteiger partial charge in [-0.1, -0.05) is 32.4 Å². The standard InChI is InChI=1S/C19H19ClF3NO4S/c1-18(2,3)10-8-13(28-4)16(26)14(15(10)25)17(27)24-12-6-5-9(7-11(12)20)29-19(21,22)23/h5-8,25-26H,1-4H3,(H,24,27). The second kappa shape index (κ2) is 8.23. The molecule has 0 saturated heterocycles. The first-order valence-corrected chi connectivity index (χ1v) is 9.44. The lowest BCUT2D eigenvalue weighted by Crippen LogP contribution is -2.17. The van der Waals surface area contributed by atoms with Crippen LogP contribution in [0.15, 0.2) is 29.2 Å². The van der Waals surface area contributed by atoms with Gasteiger partial charge in [-0.2, -0.15) is 13.2 Å². The Morgan fingerprint density at radius 1 is 1.14 bits per heavy atom. The highest BCUT2D eigenvalue weighted by Gasteiger charge is 2.31. The Balaban J connectivity index is 2.43. The second-order valence-electron chi connectivity index (χ2n) is 7.09. The van der Waals surface area contributed by atoms with Crippen molar-refractivity contribution in [3.63, 3.8) is 0 Å². The van der Waals surface area contributed by atoms with Gasteiger partial charge >= 0.3 is 5.51 Å². The number of carbonyl (C=O) groups excluding carboxylic acids is 1. The quantitative estimate of drug-likeness (QED) is 0.505. The van der Waals surface area contributed by atoms with Gasteiger partial charge in [0.25, 0.3) is 5.91 Å². The van der Waals surface area contributed by atoms with Crippen molar-refractivity contribution in [3.05, 3.63) is 40.4 Å². The van der Waals surface area contributed by atoms with Crippen LogP contribution in [-0.2, 0) is 5.41 Å². The molecule has 10 heteroatoms. The molecule has 0 unspecified atom stereocenters. The van der Waals surface area contributed by atoms with Crippen LogP contribution in [0, 0.1) is 0 Å². The number of hydrogen-bond acceptors (Lipinski definition) is 5. The number of carbonyl (C=O) groups is 1. The number of methoxy groups -OCH3 is 1. The first-order chi connectivity index (χ1) is 13.2. The first-order valence-electron chi connectivity index (χ1n) is 8.24. The minimum atomic E-state index is -4.48. The molecule has 1 amide bonds. The fourth-order valence-corrected chi connectivity index (χ4v) is 3.43. The lowest BCUT2D eigenvalue weighted by molar-refractivity contribution is -0.0328. The van der Waals surface area contributed by atoms with Crippen LogP contribution in [0.25, 0.3) is 0 Å². The van der Waals surface area contributed by atoms with E-state index in [1.54, 1.807) is 20.8 Å². The molecule has 2 aromatic rings. The Morgan fingerprint density at radius 2 is 1.76 bits per heavy atom. The number of thioether (sulfide) groups is 1. The molecular formula is C19H19ClF3NO4S. The lowest BCUT2D eigenvalue weighted by Gasteiger charge is -2.23. The average Bonchev–Trinajstić information content (AvgIpc) is 2.55. The van der Waals surface area contributed by atoms with Gasteiger partial charge in [-0.15, -0.1) is 0 Å². The largest absolute Gasteiger partial charge is 0.507 e. The normalized spacial score (nSPS) is 12.0. The van der Waals surface area contributed by atoms with Gasteiger partial charge in [0.1, 0.15) is 11.3 Å². The number of benzene rings is 2. The van der Waals surface area contributed by atoms with E-state index in [1.165, 1.54) is 19.2 Å². The van der Waals surface area contributed by atoms with E-state index < -0.39 is 33.9 Å². The monoisotopic (exact) mass is 449 g/mol. The summed E-state index contributed by atoms with van der Waals surface area (Å²) in [5.74, 6) is -1.92. The summed E-state index contributed by atoms with van der Waals surface area (Å²) in [6.45, 7) is 5.40. The van der Waals surface area contributed by atoms with Crippen molar-refractivity contribution in [1.82, 2.24) is 0 Å². The van der Waals surface area contributed by atoms with Gasteiger partial charge < -0.3 is 20.3 Å². The maximum atomic E-state index is 12.7. The molecule has 0 heterocycles. The lowest BCUT2D eigenvalue weighted by atomic mass is 9.84. The minimum absolute atomic E-state index is 0.0131. The second-order valence-corrected chi connectivity index (χ2v) is 8.64. The molecule has 0 atom stereocenters. The van der Waals surface area contributed by atoms with E-state index in [0.29, 0.717) is 5.56 Å². The summed E-state index contributed by atoms with van der Waals surface area (Å²) in [5.41, 5.74) is -5.11. The molecule has 0 aromatic heterocycles. The molecule has 158 valence electrons.